The van der Waals surface area contributed by atoms with E-state index in [9.17, 15) is 0 Å². The standard InChI is InChI=1S/C6H13NO.CH4/c1-5-2-3-7-4-6(5)8;/h5-8H,2-4H2,1H3;1H4. The van der Waals surface area contributed by atoms with Crippen molar-refractivity contribution in [1.29, 1.82) is 0 Å². The Morgan fingerprint density at radius 3 is 2.56 bits per heavy atom. The summed E-state index contributed by atoms with van der Waals surface area (Å²) >= 11 is 0. The fourth-order valence-electron chi connectivity index (χ4n) is 0.973. The number of β-amino-alcohol motifs (C(OH)–C–C–N with tert-alkyl or cyclic N) is 1. The van der Waals surface area contributed by atoms with E-state index in [-0.39, 0.29) is 13.5 Å². The first-order chi connectivity index (χ1) is 3.80. The summed E-state index contributed by atoms with van der Waals surface area (Å²) in [4.78, 5) is 0. The summed E-state index contributed by atoms with van der Waals surface area (Å²) in [7, 11) is 0. The van der Waals surface area contributed by atoms with Gasteiger partial charge in [-0.25, -0.2) is 0 Å². The lowest BCUT2D eigenvalue weighted by molar-refractivity contribution is 0.0915. The van der Waals surface area contributed by atoms with Crippen LogP contribution in [-0.4, -0.2) is 24.3 Å². The Balaban J connectivity index is 0.000000640. The van der Waals surface area contributed by atoms with Crippen LogP contribution in [0.3, 0.4) is 0 Å². The van der Waals surface area contributed by atoms with Gasteiger partial charge in [-0.1, -0.05) is 14.4 Å². The summed E-state index contributed by atoms with van der Waals surface area (Å²) in [5.74, 6) is 0.497. The number of hydrogen-bond acceptors (Lipinski definition) is 2. The topological polar surface area (TPSA) is 32.3 Å². The predicted molar refractivity (Wildman–Crippen MR) is 39.4 cm³/mol. The predicted octanol–water partition coefficient (Wildman–Crippen LogP) is 0.613. The second-order valence-electron chi connectivity index (χ2n) is 2.54. The molecule has 0 amide bonds. The third kappa shape index (κ3) is 2.33. The Hall–Kier alpha value is -0.0800. The summed E-state index contributed by atoms with van der Waals surface area (Å²) in [5, 5.41) is 12.2. The zero-order chi connectivity index (χ0) is 5.98. The lowest BCUT2D eigenvalue weighted by Gasteiger charge is -2.24. The summed E-state index contributed by atoms with van der Waals surface area (Å²) in [5.41, 5.74) is 0. The molecule has 0 radical (unpaired) electrons. The molecule has 2 unspecified atom stereocenters. The number of aliphatic hydroxyl groups is 1. The van der Waals surface area contributed by atoms with Crippen LogP contribution in [0.2, 0.25) is 0 Å². The van der Waals surface area contributed by atoms with E-state index in [0.717, 1.165) is 19.5 Å². The summed E-state index contributed by atoms with van der Waals surface area (Å²) in [6, 6.07) is 0. The zero-order valence-electron chi connectivity index (χ0n) is 5.22. The van der Waals surface area contributed by atoms with Crippen molar-refractivity contribution in [2.45, 2.75) is 26.9 Å². The molecule has 9 heavy (non-hydrogen) atoms. The Morgan fingerprint density at radius 2 is 2.22 bits per heavy atom. The van der Waals surface area contributed by atoms with E-state index in [4.69, 9.17) is 5.11 Å². The van der Waals surface area contributed by atoms with Gasteiger partial charge in [-0.05, 0) is 18.9 Å². The second kappa shape index (κ2) is 3.85. The number of rotatable bonds is 0. The van der Waals surface area contributed by atoms with Gasteiger partial charge in [-0.15, -0.1) is 0 Å². The first-order valence-electron chi connectivity index (χ1n) is 3.19. The fourth-order valence-corrected chi connectivity index (χ4v) is 0.973. The highest BCUT2D eigenvalue weighted by Crippen LogP contribution is 2.09. The van der Waals surface area contributed by atoms with Crippen LogP contribution < -0.4 is 5.32 Å². The first-order valence-corrected chi connectivity index (χ1v) is 3.19. The molecular weight excluding hydrogens is 114 g/mol. The number of hydrogen-bond donors (Lipinski definition) is 2. The molecule has 0 spiro atoms. The Bertz CT molecular complexity index is 65.3. The summed E-state index contributed by atoms with van der Waals surface area (Å²) in [6.45, 7) is 3.94. The molecule has 0 aromatic rings. The van der Waals surface area contributed by atoms with Crippen molar-refractivity contribution < 1.29 is 5.11 Å². The molecule has 0 bridgehead atoms. The molecule has 2 nitrogen and oxygen atoms in total. The van der Waals surface area contributed by atoms with Crippen LogP contribution in [-0.2, 0) is 0 Å². The van der Waals surface area contributed by atoms with E-state index in [0.29, 0.717) is 5.92 Å². The van der Waals surface area contributed by atoms with E-state index in [1.54, 1.807) is 0 Å². The summed E-state index contributed by atoms with van der Waals surface area (Å²) < 4.78 is 0. The van der Waals surface area contributed by atoms with Crippen LogP contribution in [0.1, 0.15) is 20.8 Å². The minimum absolute atomic E-state index is 0. The van der Waals surface area contributed by atoms with Crippen LogP contribution in [0.15, 0.2) is 0 Å². The second-order valence-corrected chi connectivity index (χ2v) is 2.54. The normalized spacial score (nSPS) is 35.3. The average Bonchev–Trinajstić information content (AvgIpc) is 1.77. The van der Waals surface area contributed by atoms with Gasteiger partial charge in [0.25, 0.3) is 0 Å². The number of piperidine rings is 1. The van der Waals surface area contributed by atoms with Crippen molar-refractivity contribution in [2.75, 3.05) is 13.1 Å². The minimum Gasteiger partial charge on any atom is -0.392 e. The highest BCUT2D eigenvalue weighted by Gasteiger charge is 2.16. The SMILES string of the molecule is C.CC1CCNCC1O. The van der Waals surface area contributed by atoms with Crippen molar-refractivity contribution >= 4 is 0 Å². The molecular formula is C7H17NO. The number of nitrogens with one attached hydrogen (secondary N) is 1. The van der Waals surface area contributed by atoms with Gasteiger partial charge in [0.15, 0.2) is 0 Å². The van der Waals surface area contributed by atoms with Crippen molar-refractivity contribution in [3.63, 3.8) is 0 Å². The van der Waals surface area contributed by atoms with Crippen molar-refractivity contribution in [1.82, 2.24) is 5.32 Å². The molecule has 0 aromatic carbocycles. The smallest absolute Gasteiger partial charge is 0.0690 e. The van der Waals surface area contributed by atoms with E-state index < -0.39 is 0 Å². The highest BCUT2D eigenvalue weighted by atomic mass is 16.3. The fraction of sp³-hybridized carbons (Fsp3) is 1.00. The molecule has 2 heteroatoms. The Labute approximate surface area is 57.3 Å². The van der Waals surface area contributed by atoms with Gasteiger partial charge in [0.2, 0.25) is 0 Å². The maximum atomic E-state index is 9.12. The van der Waals surface area contributed by atoms with Crippen molar-refractivity contribution in [3.05, 3.63) is 0 Å². The van der Waals surface area contributed by atoms with Crippen LogP contribution in [0.5, 0.6) is 0 Å². The van der Waals surface area contributed by atoms with Gasteiger partial charge in [-0.3, -0.25) is 0 Å². The molecule has 1 aliphatic rings. The Morgan fingerprint density at radius 1 is 1.56 bits per heavy atom. The first kappa shape index (κ1) is 8.92. The molecule has 1 aliphatic heterocycles. The molecule has 2 atom stereocenters. The molecule has 2 N–H and O–H groups in total. The maximum absolute atomic E-state index is 9.12. The maximum Gasteiger partial charge on any atom is 0.0690 e. The molecule has 0 saturated carbocycles. The summed E-state index contributed by atoms with van der Waals surface area (Å²) in [6.07, 6.45) is 1.00. The third-order valence-corrected chi connectivity index (χ3v) is 1.79. The zero-order valence-corrected chi connectivity index (χ0v) is 5.22. The lowest BCUT2D eigenvalue weighted by atomic mass is 9.98. The quantitative estimate of drug-likeness (QED) is 0.505. The molecule has 0 aromatic heterocycles. The van der Waals surface area contributed by atoms with Crippen LogP contribution in [0.4, 0.5) is 0 Å². The minimum atomic E-state index is -0.108. The van der Waals surface area contributed by atoms with E-state index in [2.05, 4.69) is 12.2 Å². The van der Waals surface area contributed by atoms with Gasteiger partial charge in [0.05, 0.1) is 6.10 Å². The van der Waals surface area contributed by atoms with Gasteiger partial charge in [-0.2, -0.15) is 0 Å². The van der Waals surface area contributed by atoms with Crippen LogP contribution >= 0.6 is 0 Å². The molecule has 56 valence electrons. The van der Waals surface area contributed by atoms with Gasteiger partial charge in [0, 0.05) is 6.54 Å². The van der Waals surface area contributed by atoms with E-state index in [1.807, 2.05) is 0 Å². The van der Waals surface area contributed by atoms with Gasteiger partial charge in [0.1, 0.15) is 0 Å². The largest absolute Gasteiger partial charge is 0.392 e. The molecule has 1 fully saturated rings. The average molecular weight is 131 g/mol. The van der Waals surface area contributed by atoms with Crippen LogP contribution in [0, 0.1) is 5.92 Å². The van der Waals surface area contributed by atoms with Crippen LogP contribution in [0.25, 0.3) is 0 Å². The van der Waals surface area contributed by atoms with E-state index >= 15 is 0 Å². The molecule has 1 saturated heterocycles. The Kier molecular flexibility index (Phi) is 3.82. The monoisotopic (exact) mass is 131 g/mol. The van der Waals surface area contributed by atoms with E-state index in [1.165, 1.54) is 0 Å². The van der Waals surface area contributed by atoms with Crippen molar-refractivity contribution in [3.8, 4) is 0 Å². The number of aliphatic hydroxyl groups excluding tert-OH is 1. The van der Waals surface area contributed by atoms with Gasteiger partial charge < -0.3 is 10.4 Å². The van der Waals surface area contributed by atoms with Crippen molar-refractivity contribution in [2.24, 2.45) is 5.92 Å². The molecule has 0 aliphatic carbocycles. The highest BCUT2D eigenvalue weighted by molar-refractivity contribution is 4.72. The molecule has 1 heterocycles. The molecule has 1 rings (SSSR count). The van der Waals surface area contributed by atoms with Gasteiger partial charge >= 0.3 is 0 Å². The third-order valence-electron chi connectivity index (χ3n) is 1.79. The lowest BCUT2D eigenvalue weighted by Crippen LogP contribution is -2.39.